The number of fused-ring (bicyclic) bond motifs is 1. The third kappa shape index (κ3) is 4.33. The summed E-state index contributed by atoms with van der Waals surface area (Å²) in [7, 11) is 0. The maximum Gasteiger partial charge on any atom is 0.269 e. The highest BCUT2D eigenvalue weighted by molar-refractivity contribution is 7.80. The van der Waals surface area contributed by atoms with Crippen LogP contribution < -0.4 is 0 Å². The summed E-state index contributed by atoms with van der Waals surface area (Å²) < 4.78 is 25.9. The van der Waals surface area contributed by atoms with Crippen molar-refractivity contribution >= 4 is 17.4 Å². The molecule has 4 rings (SSSR count). The lowest BCUT2D eigenvalue weighted by atomic mass is 10.0. The molecule has 1 aromatic carbocycles. The van der Waals surface area contributed by atoms with Crippen LogP contribution in [-0.2, 0) is 25.6 Å². The van der Waals surface area contributed by atoms with E-state index in [9.17, 15) is 0 Å². The van der Waals surface area contributed by atoms with E-state index >= 15 is 0 Å². The number of ether oxygens (including phenoxy) is 4. The molecule has 2 aliphatic rings. The van der Waals surface area contributed by atoms with Crippen molar-refractivity contribution in [3.05, 3.63) is 65.1 Å². The van der Waals surface area contributed by atoms with E-state index < -0.39 is 24.0 Å². The van der Waals surface area contributed by atoms with E-state index in [0.717, 1.165) is 5.56 Å². The first-order valence-electron chi connectivity index (χ1n) is 9.69. The van der Waals surface area contributed by atoms with E-state index in [-0.39, 0.29) is 17.2 Å². The molecule has 0 bridgehead atoms. The molecule has 0 unspecified atom stereocenters. The van der Waals surface area contributed by atoms with E-state index in [1.807, 2.05) is 44.2 Å². The van der Waals surface area contributed by atoms with E-state index in [0.29, 0.717) is 13.2 Å². The molecule has 2 fully saturated rings. The highest BCUT2D eigenvalue weighted by atomic mass is 32.1. The number of hydrogen-bond donors (Lipinski definition) is 0. The first-order chi connectivity index (χ1) is 14.5. The van der Waals surface area contributed by atoms with Crippen LogP contribution in [0.4, 0.5) is 0 Å². The Hall–Kier alpha value is -2.49. The minimum atomic E-state index is -0.786. The van der Waals surface area contributed by atoms with Crippen LogP contribution in [0.2, 0.25) is 0 Å². The van der Waals surface area contributed by atoms with Gasteiger partial charge >= 0.3 is 0 Å². The fourth-order valence-corrected chi connectivity index (χ4v) is 4.23. The Kier molecular flexibility index (Phi) is 6.03. The molecule has 0 N–H and O–H groups in total. The monoisotopic (exact) mass is 429 g/mol. The van der Waals surface area contributed by atoms with Crippen molar-refractivity contribution in [2.24, 2.45) is 11.0 Å². The van der Waals surface area contributed by atoms with Crippen LogP contribution >= 0.6 is 12.2 Å². The number of rotatable bonds is 6. The molecule has 0 amide bonds. The molecule has 0 radical (unpaired) electrons. The quantitative estimate of drug-likeness (QED) is 0.302. The van der Waals surface area contributed by atoms with Gasteiger partial charge in [-0.2, -0.15) is 0 Å². The fraction of sp³-hybridized carbons (Fsp3) is 0.500. The topological polar surface area (TPSA) is 104 Å². The second-order valence-electron chi connectivity index (χ2n) is 7.74. The summed E-state index contributed by atoms with van der Waals surface area (Å²) >= 11 is 5.41. The number of nitrogens with zero attached hydrogens (tertiary/aromatic N) is 5. The summed E-state index contributed by atoms with van der Waals surface area (Å²) in [6, 6.07) is 9.29. The van der Waals surface area contributed by atoms with Crippen molar-refractivity contribution in [3.8, 4) is 0 Å². The van der Waals surface area contributed by atoms with Crippen LogP contribution in [0.3, 0.4) is 0 Å². The average molecular weight is 430 g/mol. The average Bonchev–Trinajstić information content (AvgIpc) is 3.41. The van der Waals surface area contributed by atoms with Crippen molar-refractivity contribution in [2.75, 3.05) is 6.61 Å². The normalized spacial score (nSPS) is 29.2. The Morgan fingerprint density at radius 1 is 1.30 bits per heavy atom. The molecule has 2 aromatic rings. The summed E-state index contributed by atoms with van der Waals surface area (Å²) in [6.07, 6.45) is 3.51. The van der Waals surface area contributed by atoms with Crippen molar-refractivity contribution in [2.45, 2.75) is 50.6 Å². The van der Waals surface area contributed by atoms with E-state index in [4.69, 9.17) is 36.7 Å². The fourth-order valence-electron chi connectivity index (χ4n) is 4.01. The number of hydrogen-bond acceptors (Lipinski definition) is 7. The van der Waals surface area contributed by atoms with Gasteiger partial charge < -0.3 is 18.9 Å². The number of thiocarbonyl (C=S) groups is 1. The molecule has 0 spiro atoms. The smallest absolute Gasteiger partial charge is 0.269 e. The number of benzene rings is 1. The zero-order chi connectivity index (χ0) is 21.1. The second kappa shape index (κ2) is 8.71. The molecule has 1 aromatic heterocycles. The molecule has 10 heteroatoms. The van der Waals surface area contributed by atoms with Gasteiger partial charge in [0, 0.05) is 23.2 Å². The third-order valence-electron chi connectivity index (χ3n) is 5.24. The summed E-state index contributed by atoms with van der Waals surface area (Å²) in [5.74, 6) is -1.02. The number of azide groups is 1. The Balaban J connectivity index is 1.54. The molecule has 5 atom stereocenters. The maximum absolute atomic E-state index is 9.15. The van der Waals surface area contributed by atoms with Gasteiger partial charge in [0.05, 0.1) is 25.4 Å². The van der Waals surface area contributed by atoms with Gasteiger partial charge in [-0.3, -0.25) is 4.57 Å². The standard InChI is InChI=1S/C20H23N5O4S/c1-20(2)28-17-14(11-26-10-13-6-4-3-5-7-13)16(15(23-24-21)18(17)29-20)27-19(30)25-9-8-22-12-25/h3-9,12,14-18H,10-11H2,1-2H3/t14-,15+,16-,17+,18-/m0/s1. The van der Waals surface area contributed by atoms with E-state index in [2.05, 4.69) is 15.0 Å². The van der Waals surface area contributed by atoms with Crippen LogP contribution in [-0.4, -0.2) is 51.5 Å². The Bertz CT molecular complexity index is 917. The van der Waals surface area contributed by atoms with Crippen LogP contribution in [0.15, 0.2) is 54.2 Å². The summed E-state index contributed by atoms with van der Waals surface area (Å²) in [5.41, 5.74) is 10.2. The third-order valence-corrected chi connectivity index (χ3v) is 5.55. The predicted molar refractivity (Wildman–Crippen MR) is 111 cm³/mol. The van der Waals surface area contributed by atoms with Gasteiger partial charge in [-0.1, -0.05) is 35.4 Å². The lowest BCUT2D eigenvalue weighted by Gasteiger charge is -2.29. The zero-order valence-corrected chi connectivity index (χ0v) is 17.5. The summed E-state index contributed by atoms with van der Waals surface area (Å²) in [6.45, 7) is 4.46. The number of aromatic nitrogens is 2. The minimum absolute atomic E-state index is 0.211. The first-order valence-corrected chi connectivity index (χ1v) is 10.1. The predicted octanol–water partition coefficient (Wildman–Crippen LogP) is 3.45. The van der Waals surface area contributed by atoms with E-state index in [1.165, 1.54) is 0 Å². The molecule has 30 heavy (non-hydrogen) atoms. The summed E-state index contributed by atoms with van der Waals surface area (Å²) in [4.78, 5) is 7.01. The van der Waals surface area contributed by atoms with Gasteiger partial charge in [-0.25, -0.2) is 4.98 Å². The lowest BCUT2D eigenvalue weighted by molar-refractivity contribution is -0.169. The maximum atomic E-state index is 9.15. The summed E-state index contributed by atoms with van der Waals surface area (Å²) in [5, 5.41) is 4.19. The molecule has 2 heterocycles. The molecule has 1 aliphatic carbocycles. The van der Waals surface area contributed by atoms with Gasteiger partial charge in [0.1, 0.15) is 18.5 Å². The molecule has 158 valence electrons. The van der Waals surface area contributed by atoms with Crippen LogP contribution in [0, 0.1) is 5.92 Å². The van der Waals surface area contributed by atoms with Crippen molar-refractivity contribution in [3.63, 3.8) is 0 Å². The highest BCUT2D eigenvalue weighted by Gasteiger charge is 2.60. The Morgan fingerprint density at radius 3 is 2.77 bits per heavy atom. The second-order valence-corrected chi connectivity index (χ2v) is 8.09. The van der Waals surface area contributed by atoms with Gasteiger partial charge in [-0.15, -0.1) is 0 Å². The Labute approximate surface area is 179 Å². The van der Waals surface area contributed by atoms with Crippen LogP contribution in [0.25, 0.3) is 10.4 Å². The highest BCUT2D eigenvalue weighted by Crippen LogP contribution is 2.44. The van der Waals surface area contributed by atoms with Crippen LogP contribution in [0.1, 0.15) is 19.4 Å². The van der Waals surface area contributed by atoms with Crippen molar-refractivity contribution in [1.29, 1.82) is 0 Å². The van der Waals surface area contributed by atoms with Crippen molar-refractivity contribution < 1.29 is 18.9 Å². The molecule has 1 saturated heterocycles. The molecule has 9 nitrogen and oxygen atoms in total. The zero-order valence-electron chi connectivity index (χ0n) is 16.7. The van der Waals surface area contributed by atoms with Gasteiger partial charge in [0.15, 0.2) is 5.79 Å². The van der Waals surface area contributed by atoms with Gasteiger partial charge in [-0.05, 0) is 37.2 Å². The number of imidazole rings is 1. The van der Waals surface area contributed by atoms with E-state index in [1.54, 1.807) is 23.3 Å². The van der Waals surface area contributed by atoms with Gasteiger partial charge in [0.2, 0.25) is 0 Å². The molecule has 1 aliphatic heterocycles. The SMILES string of the molecule is CC1(C)O[C@@H]2[C@@H](COCc3ccccc3)[C@H](OC(=S)n3ccnc3)[C@@H](N=[N+]=[N-])[C@@H]2O1. The molecule has 1 saturated carbocycles. The van der Waals surface area contributed by atoms with Crippen LogP contribution in [0.5, 0.6) is 0 Å². The lowest BCUT2D eigenvalue weighted by Crippen LogP contribution is -2.39. The minimum Gasteiger partial charge on any atom is -0.466 e. The Morgan fingerprint density at radius 2 is 2.07 bits per heavy atom. The molecular weight excluding hydrogens is 406 g/mol. The van der Waals surface area contributed by atoms with Crippen molar-refractivity contribution in [1.82, 2.24) is 9.55 Å². The largest absolute Gasteiger partial charge is 0.466 e. The molecular formula is C20H23N5O4S. The first kappa shape index (κ1) is 20.8. The van der Waals surface area contributed by atoms with Gasteiger partial charge in [0.25, 0.3) is 5.17 Å².